The van der Waals surface area contributed by atoms with Crippen LogP contribution in [-0.4, -0.2) is 17.4 Å². The van der Waals surface area contributed by atoms with Crippen LogP contribution in [0.2, 0.25) is 0 Å². The summed E-state index contributed by atoms with van der Waals surface area (Å²) in [4.78, 5) is 0. The van der Waals surface area contributed by atoms with E-state index < -0.39 is 18.7 Å². The van der Waals surface area contributed by atoms with Gasteiger partial charge in [0.05, 0.1) is 6.10 Å². The lowest BCUT2D eigenvalue weighted by molar-refractivity contribution is -0.136. The quantitative estimate of drug-likeness (QED) is 0.719. The molecule has 2 atom stereocenters. The molecule has 0 spiro atoms. The van der Waals surface area contributed by atoms with E-state index in [0.29, 0.717) is 12.8 Å². The Morgan fingerprint density at radius 3 is 2.23 bits per heavy atom. The van der Waals surface area contributed by atoms with Gasteiger partial charge in [-0.3, -0.25) is 0 Å². The van der Waals surface area contributed by atoms with Gasteiger partial charge in [0.1, 0.15) is 0 Å². The maximum Gasteiger partial charge on any atom is 0.389 e. The molecule has 0 rings (SSSR count). The fourth-order valence-corrected chi connectivity index (χ4v) is 1.22. The summed E-state index contributed by atoms with van der Waals surface area (Å²) in [6.45, 7) is 3.61. The van der Waals surface area contributed by atoms with E-state index in [1.54, 1.807) is 6.92 Å². The molecule has 0 radical (unpaired) electrons. The van der Waals surface area contributed by atoms with Crippen LogP contribution in [0.25, 0.3) is 0 Å². The van der Waals surface area contributed by atoms with E-state index in [9.17, 15) is 18.3 Å². The summed E-state index contributed by atoms with van der Waals surface area (Å²) in [5.41, 5.74) is 0. The first kappa shape index (κ1) is 12.8. The smallest absolute Gasteiger partial charge is 0.389 e. The zero-order chi connectivity index (χ0) is 10.5. The summed E-state index contributed by atoms with van der Waals surface area (Å²) in [5.74, 6) is -0.0349. The number of aliphatic hydroxyl groups is 1. The second-order valence-electron chi connectivity index (χ2n) is 3.46. The highest BCUT2D eigenvalue weighted by atomic mass is 19.4. The third kappa shape index (κ3) is 6.87. The fourth-order valence-electron chi connectivity index (χ4n) is 1.22. The van der Waals surface area contributed by atoms with Crippen molar-refractivity contribution in [3.05, 3.63) is 0 Å². The van der Waals surface area contributed by atoms with Gasteiger partial charge >= 0.3 is 6.18 Å². The van der Waals surface area contributed by atoms with Gasteiger partial charge in [0.2, 0.25) is 0 Å². The topological polar surface area (TPSA) is 20.2 Å². The Bertz CT molecular complexity index is 133. The number of aliphatic hydroxyl groups excluding tert-OH is 1. The zero-order valence-corrected chi connectivity index (χ0v) is 8.06. The van der Waals surface area contributed by atoms with Crippen LogP contribution in [0.1, 0.15) is 39.5 Å². The van der Waals surface area contributed by atoms with Crippen molar-refractivity contribution < 1.29 is 18.3 Å². The van der Waals surface area contributed by atoms with Crippen molar-refractivity contribution in [1.82, 2.24) is 0 Å². The molecule has 0 amide bonds. The van der Waals surface area contributed by atoms with Gasteiger partial charge in [0, 0.05) is 6.42 Å². The van der Waals surface area contributed by atoms with Gasteiger partial charge in [0.25, 0.3) is 0 Å². The Balaban J connectivity index is 3.53. The van der Waals surface area contributed by atoms with Crippen molar-refractivity contribution in [3.8, 4) is 0 Å². The first-order valence-corrected chi connectivity index (χ1v) is 4.61. The molecule has 0 aromatic carbocycles. The molecule has 1 nitrogen and oxygen atoms in total. The average Bonchev–Trinajstić information content (AvgIpc) is 2.00. The van der Waals surface area contributed by atoms with E-state index >= 15 is 0 Å². The number of hydrogen-bond donors (Lipinski definition) is 1. The lowest BCUT2D eigenvalue weighted by atomic mass is 9.96. The van der Waals surface area contributed by atoms with Crippen molar-refractivity contribution in [2.75, 3.05) is 0 Å². The van der Waals surface area contributed by atoms with Crippen LogP contribution < -0.4 is 0 Å². The Morgan fingerprint density at radius 1 is 1.31 bits per heavy atom. The van der Waals surface area contributed by atoms with Gasteiger partial charge in [-0.1, -0.05) is 13.8 Å². The molecule has 1 N–H and O–H groups in total. The van der Waals surface area contributed by atoms with Crippen LogP contribution in [0.3, 0.4) is 0 Å². The van der Waals surface area contributed by atoms with Crippen molar-refractivity contribution >= 4 is 0 Å². The Labute approximate surface area is 76.9 Å². The summed E-state index contributed by atoms with van der Waals surface area (Å²) in [6, 6.07) is 0. The van der Waals surface area contributed by atoms with Gasteiger partial charge in [0.15, 0.2) is 0 Å². The molecular weight excluding hydrogens is 181 g/mol. The molecule has 0 saturated heterocycles. The summed E-state index contributed by atoms with van der Waals surface area (Å²) in [6.07, 6.45) is -4.11. The Morgan fingerprint density at radius 2 is 1.85 bits per heavy atom. The van der Waals surface area contributed by atoms with E-state index in [0.717, 1.165) is 0 Å². The summed E-state index contributed by atoms with van der Waals surface area (Å²) in [7, 11) is 0. The summed E-state index contributed by atoms with van der Waals surface area (Å²) < 4.78 is 35.2. The second-order valence-corrected chi connectivity index (χ2v) is 3.46. The monoisotopic (exact) mass is 198 g/mol. The van der Waals surface area contributed by atoms with E-state index in [1.165, 1.54) is 0 Å². The fraction of sp³-hybridized carbons (Fsp3) is 1.00. The molecule has 0 aromatic heterocycles. The molecule has 0 heterocycles. The number of hydrogen-bond acceptors (Lipinski definition) is 1. The van der Waals surface area contributed by atoms with Gasteiger partial charge in [-0.25, -0.2) is 0 Å². The van der Waals surface area contributed by atoms with E-state index in [2.05, 4.69) is 0 Å². The summed E-state index contributed by atoms with van der Waals surface area (Å²) in [5, 5.41) is 9.27. The molecule has 80 valence electrons. The molecule has 13 heavy (non-hydrogen) atoms. The molecule has 0 aromatic rings. The first-order valence-electron chi connectivity index (χ1n) is 4.61. The van der Waals surface area contributed by atoms with Crippen molar-refractivity contribution in [1.29, 1.82) is 0 Å². The van der Waals surface area contributed by atoms with Crippen LogP contribution in [0.5, 0.6) is 0 Å². The van der Waals surface area contributed by atoms with Crippen LogP contribution in [-0.2, 0) is 0 Å². The molecule has 0 saturated carbocycles. The van der Waals surface area contributed by atoms with Crippen LogP contribution in [0.15, 0.2) is 0 Å². The predicted octanol–water partition coefficient (Wildman–Crippen LogP) is 3.13. The first-order chi connectivity index (χ1) is 5.87. The summed E-state index contributed by atoms with van der Waals surface area (Å²) >= 11 is 0. The van der Waals surface area contributed by atoms with Gasteiger partial charge in [-0.15, -0.1) is 0 Å². The van der Waals surface area contributed by atoms with Crippen LogP contribution in [0, 0.1) is 5.92 Å². The van der Waals surface area contributed by atoms with Crippen LogP contribution >= 0.6 is 0 Å². The maximum atomic E-state index is 11.7. The molecule has 0 aliphatic heterocycles. The molecule has 0 fully saturated rings. The lowest BCUT2D eigenvalue weighted by Gasteiger charge is -2.17. The Hall–Kier alpha value is -0.250. The van der Waals surface area contributed by atoms with Crippen molar-refractivity contribution in [3.63, 3.8) is 0 Å². The molecule has 4 heteroatoms. The predicted molar refractivity (Wildman–Crippen MR) is 45.4 cm³/mol. The zero-order valence-electron chi connectivity index (χ0n) is 8.06. The maximum absolute atomic E-state index is 11.7. The van der Waals surface area contributed by atoms with Crippen molar-refractivity contribution in [2.24, 2.45) is 5.92 Å². The number of halogens is 3. The molecular formula is C9H17F3O. The van der Waals surface area contributed by atoms with E-state index in [4.69, 9.17) is 0 Å². The highest BCUT2D eigenvalue weighted by molar-refractivity contribution is 4.63. The molecule has 2 unspecified atom stereocenters. The third-order valence-corrected chi connectivity index (χ3v) is 2.19. The van der Waals surface area contributed by atoms with Gasteiger partial charge in [-0.05, 0) is 25.2 Å². The minimum absolute atomic E-state index is 0.0349. The normalized spacial score (nSPS) is 17.1. The highest BCUT2D eigenvalue weighted by Crippen LogP contribution is 2.24. The second kappa shape index (κ2) is 5.47. The van der Waals surface area contributed by atoms with E-state index in [1.807, 2.05) is 6.92 Å². The minimum atomic E-state index is -4.06. The van der Waals surface area contributed by atoms with E-state index in [-0.39, 0.29) is 12.3 Å². The van der Waals surface area contributed by atoms with Gasteiger partial charge in [-0.2, -0.15) is 13.2 Å². The molecule has 0 aliphatic rings. The highest BCUT2D eigenvalue weighted by Gasteiger charge is 2.26. The largest absolute Gasteiger partial charge is 0.393 e. The lowest BCUT2D eigenvalue weighted by Crippen LogP contribution is -2.17. The third-order valence-electron chi connectivity index (χ3n) is 2.19. The number of rotatable bonds is 5. The minimum Gasteiger partial charge on any atom is -0.393 e. The molecule has 0 bridgehead atoms. The van der Waals surface area contributed by atoms with Gasteiger partial charge < -0.3 is 5.11 Å². The SMILES string of the molecule is CCC(O)C(C)CCCC(F)(F)F. The molecule has 0 aliphatic carbocycles. The Kier molecular flexibility index (Phi) is 5.37. The number of alkyl halides is 3. The van der Waals surface area contributed by atoms with Crippen LogP contribution in [0.4, 0.5) is 13.2 Å². The standard InChI is InChI=1S/C9H17F3O/c1-3-8(13)7(2)5-4-6-9(10,11)12/h7-8,13H,3-6H2,1-2H3. The van der Waals surface area contributed by atoms with Crippen molar-refractivity contribution in [2.45, 2.75) is 51.8 Å². The average molecular weight is 198 g/mol.